The summed E-state index contributed by atoms with van der Waals surface area (Å²) in [6.45, 7) is 3.57. The zero-order chi connectivity index (χ0) is 11.1. The van der Waals surface area contributed by atoms with E-state index in [1.54, 1.807) is 0 Å². The Kier molecular flexibility index (Phi) is 7.11. The van der Waals surface area contributed by atoms with E-state index in [0.717, 1.165) is 0 Å². The van der Waals surface area contributed by atoms with E-state index < -0.39 is 18.7 Å². The maximum atomic E-state index is 11.9. The molecule has 0 N–H and O–H groups in total. The predicted octanol–water partition coefficient (Wildman–Crippen LogP) is 3.25. The molecule has 0 rings (SSSR count). The Hall–Kier alpha value is -0.390. The molecular weight excluding hydrogens is 195 g/mol. The molecule has 0 aromatic carbocycles. The summed E-state index contributed by atoms with van der Waals surface area (Å²) in [7, 11) is 0. The normalized spacial score (nSPS) is 12.0. The van der Waals surface area contributed by atoms with Crippen molar-refractivity contribution in [1.82, 2.24) is 0 Å². The van der Waals surface area contributed by atoms with Crippen molar-refractivity contribution in [1.29, 1.82) is 0 Å². The first kappa shape index (κ1) is 15.1. The van der Waals surface area contributed by atoms with Crippen LogP contribution in [0.4, 0.5) is 22.0 Å². The molecule has 0 atom stereocenters. The second kappa shape index (κ2) is 6.12. The fourth-order valence-corrected chi connectivity index (χ4v) is 0.312. The van der Waals surface area contributed by atoms with E-state index in [1.165, 1.54) is 6.92 Å². The average Bonchev–Trinajstić information content (AvgIpc) is 2.03. The van der Waals surface area contributed by atoms with E-state index in [9.17, 15) is 22.0 Å². The van der Waals surface area contributed by atoms with E-state index in [4.69, 9.17) is 0 Å². The topological polar surface area (TPSA) is 9.23 Å². The lowest BCUT2D eigenvalue weighted by molar-refractivity contribution is -0.296. The first-order chi connectivity index (χ1) is 5.81. The number of hydrogen-bond acceptors (Lipinski definition) is 1. The van der Waals surface area contributed by atoms with Crippen LogP contribution in [0.15, 0.2) is 0 Å². The van der Waals surface area contributed by atoms with Crippen LogP contribution in [0.3, 0.4) is 0 Å². The van der Waals surface area contributed by atoms with Gasteiger partial charge in [-0.05, 0) is 6.92 Å². The minimum Gasteiger partial charge on any atom is -0.375 e. The average molecular weight is 208 g/mol. The highest BCUT2D eigenvalue weighted by Crippen LogP contribution is 2.35. The Labute approximate surface area is 73.9 Å². The minimum absolute atomic E-state index is 0.161. The zero-order valence-electron chi connectivity index (χ0n) is 7.71. The molecule has 0 fully saturated rings. The van der Waals surface area contributed by atoms with E-state index in [-0.39, 0.29) is 6.61 Å². The molecule has 0 aromatic heterocycles. The molecule has 0 heterocycles. The minimum atomic E-state index is -5.51. The Morgan fingerprint density at radius 3 is 1.62 bits per heavy atom. The monoisotopic (exact) mass is 208 g/mol. The van der Waals surface area contributed by atoms with Crippen molar-refractivity contribution in [3.05, 3.63) is 0 Å². The first-order valence-corrected chi connectivity index (χ1v) is 3.83. The number of halogens is 5. The van der Waals surface area contributed by atoms with Crippen LogP contribution in [0.25, 0.3) is 0 Å². The summed E-state index contributed by atoms with van der Waals surface area (Å²) >= 11 is 0. The van der Waals surface area contributed by atoms with E-state index in [0.29, 0.717) is 0 Å². The molecule has 0 spiro atoms. The van der Waals surface area contributed by atoms with Crippen LogP contribution in [0.1, 0.15) is 20.8 Å². The lowest BCUT2D eigenvalue weighted by Gasteiger charge is -2.18. The molecule has 0 unspecified atom stereocenters. The van der Waals surface area contributed by atoms with Gasteiger partial charge in [-0.25, -0.2) is 0 Å². The quantitative estimate of drug-likeness (QED) is 0.647. The number of hydrogen-bond donors (Lipinski definition) is 0. The summed E-state index contributed by atoms with van der Waals surface area (Å²) in [6, 6.07) is 0. The molecule has 0 aliphatic heterocycles. The van der Waals surface area contributed by atoms with Crippen molar-refractivity contribution in [2.75, 3.05) is 13.2 Å². The SMILES string of the molecule is CC.CCOCC(F)(F)C(F)(F)F. The van der Waals surface area contributed by atoms with Crippen LogP contribution in [-0.2, 0) is 4.74 Å². The smallest absolute Gasteiger partial charge is 0.375 e. The van der Waals surface area contributed by atoms with Crippen molar-refractivity contribution < 1.29 is 26.7 Å². The number of alkyl halides is 5. The third-order valence-corrected chi connectivity index (χ3v) is 0.902. The summed E-state index contributed by atoms with van der Waals surface area (Å²) in [5.41, 5.74) is 0. The molecular formula is C7H13F5O. The molecule has 0 aliphatic rings. The van der Waals surface area contributed by atoms with Gasteiger partial charge in [-0.2, -0.15) is 22.0 Å². The van der Waals surface area contributed by atoms with Gasteiger partial charge in [-0.15, -0.1) is 0 Å². The van der Waals surface area contributed by atoms with Gasteiger partial charge in [-0.1, -0.05) is 13.8 Å². The fraction of sp³-hybridized carbons (Fsp3) is 1.00. The summed E-state index contributed by atoms with van der Waals surface area (Å²) in [6.07, 6.45) is -5.51. The molecule has 0 bridgehead atoms. The summed E-state index contributed by atoms with van der Waals surface area (Å²) in [4.78, 5) is 0. The van der Waals surface area contributed by atoms with Gasteiger partial charge in [0.25, 0.3) is 0 Å². The van der Waals surface area contributed by atoms with Crippen molar-refractivity contribution in [3.63, 3.8) is 0 Å². The highest BCUT2D eigenvalue weighted by atomic mass is 19.4. The van der Waals surface area contributed by atoms with Gasteiger partial charge in [0.05, 0.1) is 0 Å². The maximum Gasteiger partial charge on any atom is 0.455 e. The van der Waals surface area contributed by atoms with E-state index in [1.807, 2.05) is 13.8 Å². The fourth-order valence-electron chi connectivity index (χ4n) is 0.312. The molecule has 1 nitrogen and oxygen atoms in total. The Bertz CT molecular complexity index is 121. The lowest BCUT2D eigenvalue weighted by atomic mass is 10.3. The summed E-state index contributed by atoms with van der Waals surface area (Å²) in [5.74, 6) is -4.73. The molecule has 6 heteroatoms. The molecule has 0 saturated carbocycles. The highest BCUT2D eigenvalue weighted by molar-refractivity contribution is 4.74. The summed E-state index contributed by atoms with van der Waals surface area (Å²) in [5, 5.41) is 0. The van der Waals surface area contributed by atoms with Crippen molar-refractivity contribution >= 4 is 0 Å². The van der Waals surface area contributed by atoms with Crippen molar-refractivity contribution in [2.24, 2.45) is 0 Å². The van der Waals surface area contributed by atoms with Gasteiger partial charge in [-0.3, -0.25) is 0 Å². The molecule has 0 aromatic rings. The van der Waals surface area contributed by atoms with Gasteiger partial charge in [0.2, 0.25) is 0 Å². The maximum absolute atomic E-state index is 11.9. The largest absolute Gasteiger partial charge is 0.455 e. The van der Waals surface area contributed by atoms with Crippen LogP contribution in [-0.4, -0.2) is 25.3 Å². The van der Waals surface area contributed by atoms with Crippen LogP contribution in [0, 0.1) is 0 Å². The molecule has 0 radical (unpaired) electrons. The second-order valence-electron chi connectivity index (χ2n) is 1.84. The molecule has 0 saturated heterocycles. The van der Waals surface area contributed by atoms with E-state index >= 15 is 0 Å². The van der Waals surface area contributed by atoms with Gasteiger partial charge < -0.3 is 4.74 Å². The van der Waals surface area contributed by atoms with Crippen LogP contribution >= 0.6 is 0 Å². The molecule has 0 amide bonds. The predicted molar refractivity (Wildman–Crippen MR) is 38.8 cm³/mol. The third kappa shape index (κ3) is 5.79. The van der Waals surface area contributed by atoms with Crippen LogP contribution in [0.2, 0.25) is 0 Å². The third-order valence-electron chi connectivity index (χ3n) is 0.902. The standard InChI is InChI=1S/C5H7F5O.C2H6/c1-2-11-3-4(6,7)5(8,9)10;1-2/h2-3H2,1H3;1-2H3. The van der Waals surface area contributed by atoms with Gasteiger partial charge >= 0.3 is 12.1 Å². The number of ether oxygens (including phenoxy) is 1. The zero-order valence-corrected chi connectivity index (χ0v) is 7.71. The lowest BCUT2D eigenvalue weighted by Crippen LogP contribution is -2.40. The number of rotatable bonds is 3. The van der Waals surface area contributed by atoms with Crippen molar-refractivity contribution in [2.45, 2.75) is 32.9 Å². The molecule has 82 valence electrons. The Morgan fingerprint density at radius 2 is 1.38 bits per heavy atom. The second-order valence-corrected chi connectivity index (χ2v) is 1.84. The summed E-state index contributed by atoms with van der Waals surface area (Å²) < 4.78 is 61.7. The van der Waals surface area contributed by atoms with Gasteiger partial charge in [0.1, 0.15) is 6.61 Å². The van der Waals surface area contributed by atoms with E-state index in [2.05, 4.69) is 4.74 Å². The molecule has 13 heavy (non-hydrogen) atoms. The molecule has 0 aliphatic carbocycles. The van der Waals surface area contributed by atoms with Crippen LogP contribution in [0.5, 0.6) is 0 Å². The van der Waals surface area contributed by atoms with Gasteiger partial charge in [0.15, 0.2) is 0 Å². The van der Waals surface area contributed by atoms with Crippen LogP contribution < -0.4 is 0 Å². The Morgan fingerprint density at radius 1 is 1.00 bits per heavy atom. The highest BCUT2D eigenvalue weighted by Gasteiger charge is 2.57. The van der Waals surface area contributed by atoms with Crippen molar-refractivity contribution in [3.8, 4) is 0 Å². The van der Waals surface area contributed by atoms with Gasteiger partial charge in [0, 0.05) is 6.61 Å². The first-order valence-electron chi connectivity index (χ1n) is 3.83. The Balaban J connectivity index is 0.